The normalized spacial score (nSPS) is 19.9. The van der Waals surface area contributed by atoms with Crippen LogP contribution in [0.4, 0.5) is 0 Å². The molecule has 1 amide bonds. The minimum absolute atomic E-state index is 0. The van der Waals surface area contributed by atoms with Crippen LogP contribution in [-0.4, -0.2) is 54.5 Å². The average Bonchev–Trinajstić information content (AvgIpc) is 2.59. The fraction of sp³-hybridized carbons (Fsp3) is 0.611. The molecular weight excluding hydrogens is 377 g/mol. The fourth-order valence-corrected chi connectivity index (χ4v) is 4.27. The molecule has 2 aliphatic heterocycles. The van der Waals surface area contributed by atoms with Crippen molar-refractivity contribution in [2.45, 2.75) is 31.8 Å². The van der Waals surface area contributed by atoms with Gasteiger partial charge in [-0.1, -0.05) is 24.3 Å². The summed E-state index contributed by atoms with van der Waals surface area (Å²) in [5.41, 5.74) is 2.96. The van der Waals surface area contributed by atoms with E-state index in [2.05, 4.69) is 39.8 Å². The second-order valence-corrected chi connectivity index (χ2v) is 7.58. The molecule has 2 N–H and O–H groups in total. The molecular formula is C18H29Cl2N3OS. The minimum atomic E-state index is 0. The Kier molecular flexibility index (Phi) is 10.9. The second-order valence-electron chi connectivity index (χ2n) is 6.43. The quantitative estimate of drug-likeness (QED) is 0.713. The molecule has 3 rings (SSSR count). The maximum absolute atomic E-state index is 12.0. The highest BCUT2D eigenvalue weighted by atomic mass is 35.5. The van der Waals surface area contributed by atoms with Crippen molar-refractivity contribution in [2.75, 3.05) is 37.7 Å². The van der Waals surface area contributed by atoms with Crippen molar-refractivity contribution in [1.82, 2.24) is 15.5 Å². The number of carbonyl (C=O) groups excluding carboxylic acids is 1. The zero-order valence-electron chi connectivity index (χ0n) is 14.5. The maximum atomic E-state index is 12.0. The lowest BCUT2D eigenvalue weighted by atomic mass is 10.00. The number of fused-ring (bicyclic) bond motifs is 1. The lowest BCUT2D eigenvalue weighted by molar-refractivity contribution is -0.121. The number of nitrogens with zero attached hydrogens (tertiary/aromatic N) is 1. The Morgan fingerprint density at radius 2 is 2.08 bits per heavy atom. The van der Waals surface area contributed by atoms with Gasteiger partial charge in [-0.2, -0.15) is 11.8 Å². The van der Waals surface area contributed by atoms with Gasteiger partial charge in [-0.3, -0.25) is 9.69 Å². The van der Waals surface area contributed by atoms with Crippen molar-refractivity contribution < 1.29 is 4.79 Å². The first-order valence-corrected chi connectivity index (χ1v) is 9.84. The summed E-state index contributed by atoms with van der Waals surface area (Å²) < 4.78 is 0. The van der Waals surface area contributed by atoms with Crippen LogP contribution in [-0.2, 0) is 17.8 Å². The van der Waals surface area contributed by atoms with Crippen LogP contribution in [0.25, 0.3) is 0 Å². The van der Waals surface area contributed by atoms with E-state index >= 15 is 0 Å². The smallest absolute Gasteiger partial charge is 0.221 e. The van der Waals surface area contributed by atoms with E-state index in [9.17, 15) is 4.79 Å². The van der Waals surface area contributed by atoms with Crippen LogP contribution in [0.2, 0.25) is 0 Å². The first kappa shape index (κ1) is 22.6. The molecule has 7 heteroatoms. The number of amides is 1. The van der Waals surface area contributed by atoms with Crippen molar-refractivity contribution in [2.24, 2.45) is 0 Å². The highest BCUT2D eigenvalue weighted by Crippen LogP contribution is 2.18. The maximum Gasteiger partial charge on any atom is 0.221 e. The van der Waals surface area contributed by atoms with Crippen LogP contribution >= 0.6 is 36.6 Å². The van der Waals surface area contributed by atoms with E-state index in [1.54, 1.807) is 0 Å². The Balaban J connectivity index is 0.00000156. The van der Waals surface area contributed by atoms with E-state index in [1.165, 1.54) is 11.1 Å². The van der Waals surface area contributed by atoms with Crippen LogP contribution in [0.3, 0.4) is 0 Å². The van der Waals surface area contributed by atoms with Gasteiger partial charge in [-0.15, -0.1) is 24.8 Å². The Morgan fingerprint density at radius 3 is 2.84 bits per heavy atom. The van der Waals surface area contributed by atoms with Crippen LogP contribution < -0.4 is 10.6 Å². The summed E-state index contributed by atoms with van der Waals surface area (Å²) in [5, 5.41) is 6.49. The SMILES string of the molecule is Cl.Cl.O=C(CC1CSCCN1)NCCCN1CCc2ccccc2C1. The first-order chi connectivity index (χ1) is 11.3. The molecule has 4 nitrogen and oxygen atoms in total. The van der Waals surface area contributed by atoms with E-state index in [0.717, 1.165) is 57.1 Å². The molecule has 1 aromatic rings. The van der Waals surface area contributed by atoms with Crippen LogP contribution in [0, 0.1) is 0 Å². The predicted molar refractivity (Wildman–Crippen MR) is 111 cm³/mol. The number of nitrogens with one attached hydrogen (secondary N) is 2. The van der Waals surface area contributed by atoms with E-state index in [-0.39, 0.29) is 30.7 Å². The third-order valence-corrected chi connectivity index (χ3v) is 5.74. The van der Waals surface area contributed by atoms with Crippen molar-refractivity contribution in [3.8, 4) is 0 Å². The summed E-state index contributed by atoms with van der Waals surface area (Å²) in [6.45, 7) is 5.06. The molecule has 1 fully saturated rings. The molecule has 0 aromatic heterocycles. The van der Waals surface area contributed by atoms with Gasteiger partial charge in [0, 0.05) is 56.7 Å². The molecule has 1 saturated heterocycles. The summed E-state index contributed by atoms with van der Waals surface area (Å²) in [6, 6.07) is 9.08. The molecule has 0 spiro atoms. The third-order valence-electron chi connectivity index (χ3n) is 4.61. The summed E-state index contributed by atoms with van der Waals surface area (Å²) >= 11 is 1.94. The Bertz CT molecular complexity index is 527. The molecule has 2 heterocycles. The molecule has 1 unspecified atom stereocenters. The zero-order valence-corrected chi connectivity index (χ0v) is 17.0. The number of hydrogen-bond donors (Lipinski definition) is 2. The monoisotopic (exact) mass is 405 g/mol. The zero-order chi connectivity index (χ0) is 15.9. The number of rotatable bonds is 6. The standard InChI is InChI=1S/C18H27N3OS.2ClH/c22-18(12-17-14-23-11-8-19-17)20-7-3-9-21-10-6-15-4-1-2-5-16(15)13-21;;/h1-2,4-5,17,19H,3,6-14H2,(H,20,22);2*1H. The summed E-state index contributed by atoms with van der Waals surface area (Å²) in [4.78, 5) is 14.4. The fourth-order valence-electron chi connectivity index (χ4n) is 3.32. The topological polar surface area (TPSA) is 44.4 Å². The number of benzene rings is 1. The minimum Gasteiger partial charge on any atom is -0.356 e. The van der Waals surface area contributed by atoms with Gasteiger partial charge in [0.1, 0.15) is 0 Å². The third kappa shape index (κ3) is 7.35. The van der Waals surface area contributed by atoms with E-state index < -0.39 is 0 Å². The summed E-state index contributed by atoms with van der Waals surface area (Å²) in [5.74, 6) is 2.41. The number of thioether (sulfide) groups is 1. The Hall–Kier alpha value is -0.460. The van der Waals surface area contributed by atoms with Gasteiger partial charge in [0.2, 0.25) is 5.91 Å². The van der Waals surface area contributed by atoms with E-state index in [4.69, 9.17) is 0 Å². The molecule has 0 aliphatic carbocycles. The predicted octanol–water partition coefficient (Wildman–Crippen LogP) is 2.49. The lowest BCUT2D eigenvalue weighted by Crippen LogP contribution is -2.41. The Morgan fingerprint density at radius 1 is 1.28 bits per heavy atom. The van der Waals surface area contributed by atoms with Gasteiger partial charge < -0.3 is 10.6 Å². The lowest BCUT2D eigenvalue weighted by Gasteiger charge is -2.28. The molecule has 2 aliphatic rings. The number of hydrogen-bond acceptors (Lipinski definition) is 4. The molecule has 1 aromatic carbocycles. The van der Waals surface area contributed by atoms with Crippen LogP contribution in [0.5, 0.6) is 0 Å². The van der Waals surface area contributed by atoms with Crippen molar-refractivity contribution in [3.63, 3.8) is 0 Å². The van der Waals surface area contributed by atoms with Crippen LogP contribution in [0.15, 0.2) is 24.3 Å². The average molecular weight is 406 g/mol. The first-order valence-electron chi connectivity index (χ1n) is 8.68. The van der Waals surface area contributed by atoms with Gasteiger partial charge in [0.05, 0.1) is 0 Å². The Labute approximate surface area is 167 Å². The molecule has 1 atom stereocenters. The summed E-state index contributed by atoms with van der Waals surface area (Å²) in [7, 11) is 0. The second kappa shape index (κ2) is 12.0. The molecule has 0 saturated carbocycles. The molecule has 25 heavy (non-hydrogen) atoms. The highest BCUT2D eigenvalue weighted by Gasteiger charge is 2.17. The largest absolute Gasteiger partial charge is 0.356 e. The summed E-state index contributed by atoms with van der Waals surface area (Å²) in [6.07, 6.45) is 2.79. The van der Waals surface area contributed by atoms with Gasteiger partial charge >= 0.3 is 0 Å². The molecule has 0 bridgehead atoms. The van der Waals surface area contributed by atoms with Gasteiger partial charge in [0.15, 0.2) is 0 Å². The van der Waals surface area contributed by atoms with Gasteiger partial charge in [0.25, 0.3) is 0 Å². The van der Waals surface area contributed by atoms with Gasteiger partial charge in [-0.25, -0.2) is 0 Å². The molecule has 142 valence electrons. The highest BCUT2D eigenvalue weighted by molar-refractivity contribution is 7.99. The van der Waals surface area contributed by atoms with Crippen molar-refractivity contribution >= 4 is 42.5 Å². The van der Waals surface area contributed by atoms with Gasteiger partial charge in [-0.05, 0) is 24.0 Å². The van der Waals surface area contributed by atoms with E-state index in [0.29, 0.717) is 12.5 Å². The number of halogens is 2. The molecule has 0 radical (unpaired) electrons. The van der Waals surface area contributed by atoms with E-state index in [1.807, 2.05) is 11.8 Å². The number of carbonyl (C=O) groups is 1. The van der Waals surface area contributed by atoms with Crippen molar-refractivity contribution in [1.29, 1.82) is 0 Å². The van der Waals surface area contributed by atoms with Crippen molar-refractivity contribution in [3.05, 3.63) is 35.4 Å². The van der Waals surface area contributed by atoms with Crippen LogP contribution in [0.1, 0.15) is 24.0 Å².